The fourth-order valence-corrected chi connectivity index (χ4v) is 3.10. The molecule has 0 unspecified atom stereocenters. The number of para-hydroxylation sites is 2. The number of rotatable bonds is 5. The lowest BCUT2D eigenvalue weighted by Gasteiger charge is -2.12. The van der Waals surface area contributed by atoms with Gasteiger partial charge in [0.2, 0.25) is 0 Å². The second-order valence-corrected chi connectivity index (χ2v) is 6.09. The molecular weight excluding hydrogens is 308 g/mol. The van der Waals surface area contributed by atoms with Crippen LogP contribution in [0.15, 0.2) is 53.5 Å². The molecule has 0 fully saturated rings. The number of nitrogens with zero attached hydrogens (tertiary/aromatic N) is 2. The SMILES string of the molecule is CCC(=Nc1c(CC)cccc1CC)c1ccc2cccc(O)c2n1. The van der Waals surface area contributed by atoms with E-state index < -0.39 is 0 Å². The first-order valence-electron chi connectivity index (χ1n) is 8.95. The predicted molar refractivity (Wildman–Crippen MR) is 105 cm³/mol. The minimum absolute atomic E-state index is 0.206. The van der Waals surface area contributed by atoms with Crippen LogP contribution in [0.2, 0.25) is 0 Å². The van der Waals surface area contributed by atoms with Crippen LogP contribution in [0.25, 0.3) is 10.9 Å². The number of phenolic OH excluding ortho intramolecular Hbond substituents is 1. The summed E-state index contributed by atoms with van der Waals surface area (Å²) < 4.78 is 0. The fraction of sp³-hybridized carbons (Fsp3) is 0.273. The number of aryl methyl sites for hydroxylation is 2. The molecule has 0 bridgehead atoms. The number of aliphatic imine (C=N–C) groups is 1. The molecule has 0 aliphatic heterocycles. The first-order valence-corrected chi connectivity index (χ1v) is 8.95. The van der Waals surface area contributed by atoms with Gasteiger partial charge in [-0.1, -0.05) is 57.2 Å². The van der Waals surface area contributed by atoms with Gasteiger partial charge < -0.3 is 5.11 Å². The van der Waals surface area contributed by atoms with Gasteiger partial charge >= 0.3 is 0 Å². The Bertz CT molecular complexity index is 906. The number of aromatic nitrogens is 1. The maximum atomic E-state index is 10.1. The van der Waals surface area contributed by atoms with Crippen molar-refractivity contribution in [2.45, 2.75) is 40.0 Å². The van der Waals surface area contributed by atoms with Crippen molar-refractivity contribution in [1.82, 2.24) is 4.98 Å². The van der Waals surface area contributed by atoms with E-state index in [2.05, 4.69) is 44.0 Å². The molecule has 0 aliphatic carbocycles. The monoisotopic (exact) mass is 332 g/mol. The highest BCUT2D eigenvalue weighted by Crippen LogP contribution is 2.28. The Morgan fingerprint density at radius 1 is 0.920 bits per heavy atom. The molecule has 0 radical (unpaired) electrons. The van der Waals surface area contributed by atoms with Crippen LogP contribution in [0, 0.1) is 0 Å². The Labute approximate surface area is 149 Å². The Balaban J connectivity index is 2.15. The van der Waals surface area contributed by atoms with E-state index in [0.29, 0.717) is 5.52 Å². The molecule has 3 heteroatoms. The molecule has 1 aromatic heterocycles. The van der Waals surface area contributed by atoms with E-state index in [-0.39, 0.29) is 5.75 Å². The first kappa shape index (κ1) is 17.2. The molecule has 3 nitrogen and oxygen atoms in total. The van der Waals surface area contributed by atoms with Gasteiger partial charge in [0.05, 0.1) is 17.1 Å². The highest BCUT2D eigenvalue weighted by Gasteiger charge is 2.10. The molecule has 0 spiro atoms. The first-order chi connectivity index (χ1) is 12.2. The van der Waals surface area contributed by atoms with Crippen molar-refractivity contribution in [3.05, 3.63) is 65.4 Å². The molecular formula is C22H24N2O. The van der Waals surface area contributed by atoms with Crippen LogP contribution in [0.4, 0.5) is 5.69 Å². The van der Waals surface area contributed by atoms with Crippen molar-refractivity contribution >= 4 is 22.3 Å². The Hall–Kier alpha value is -2.68. The number of benzene rings is 2. The number of phenols is 1. The Kier molecular flexibility index (Phi) is 5.13. The molecule has 0 saturated heterocycles. The molecule has 2 aromatic carbocycles. The molecule has 25 heavy (non-hydrogen) atoms. The van der Waals surface area contributed by atoms with Gasteiger partial charge in [-0.25, -0.2) is 4.98 Å². The topological polar surface area (TPSA) is 45.5 Å². The molecule has 0 atom stereocenters. The normalized spacial score (nSPS) is 11.9. The van der Waals surface area contributed by atoms with E-state index in [1.807, 2.05) is 24.3 Å². The van der Waals surface area contributed by atoms with E-state index in [9.17, 15) is 5.11 Å². The van der Waals surface area contributed by atoms with Gasteiger partial charge in [-0.15, -0.1) is 0 Å². The van der Waals surface area contributed by atoms with Gasteiger partial charge in [0.25, 0.3) is 0 Å². The third-order valence-electron chi connectivity index (χ3n) is 4.54. The Morgan fingerprint density at radius 3 is 2.24 bits per heavy atom. The zero-order valence-electron chi connectivity index (χ0n) is 15.1. The van der Waals surface area contributed by atoms with Crippen molar-refractivity contribution in [2.75, 3.05) is 0 Å². The standard InChI is InChI=1S/C22H24N2O/c1-4-15-9-7-10-16(5-2)21(15)23-18(6-3)19-14-13-17-11-8-12-20(25)22(17)24-19/h7-14,25H,4-6H2,1-3H3. The minimum Gasteiger partial charge on any atom is -0.506 e. The summed E-state index contributed by atoms with van der Waals surface area (Å²) in [6.45, 7) is 6.41. The number of hydrogen-bond acceptors (Lipinski definition) is 3. The average Bonchev–Trinajstić information content (AvgIpc) is 2.66. The summed E-state index contributed by atoms with van der Waals surface area (Å²) in [6.07, 6.45) is 2.69. The zero-order valence-corrected chi connectivity index (χ0v) is 15.1. The van der Waals surface area contributed by atoms with Crippen molar-refractivity contribution < 1.29 is 5.11 Å². The minimum atomic E-state index is 0.206. The fourth-order valence-electron chi connectivity index (χ4n) is 3.10. The molecule has 0 saturated carbocycles. The number of hydrogen-bond donors (Lipinski definition) is 1. The van der Waals surface area contributed by atoms with Crippen LogP contribution < -0.4 is 0 Å². The average molecular weight is 332 g/mol. The summed E-state index contributed by atoms with van der Waals surface area (Å²) in [5, 5.41) is 11.0. The van der Waals surface area contributed by atoms with E-state index in [1.165, 1.54) is 11.1 Å². The van der Waals surface area contributed by atoms with Crippen LogP contribution in [0.3, 0.4) is 0 Å². The van der Waals surface area contributed by atoms with E-state index in [1.54, 1.807) is 6.07 Å². The third-order valence-corrected chi connectivity index (χ3v) is 4.54. The van der Waals surface area contributed by atoms with Gasteiger partial charge in [0, 0.05) is 5.39 Å². The van der Waals surface area contributed by atoms with Gasteiger partial charge in [-0.05, 0) is 42.5 Å². The molecule has 0 aliphatic rings. The van der Waals surface area contributed by atoms with Crippen molar-refractivity contribution in [3.63, 3.8) is 0 Å². The van der Waals surface area contributed by atoms with Crippen LogP contribution in [-0.2, 0) is 12.8 Å². The van der Waals surface area contributed by atoms with Crippen LogP contribution >= 0.6 is 0 Å². The highest BCUT2D eigenvalue weighted by atomic mass is 16.3. The lowest BCUT2D eigenvalue weighted by atomic mass is 10.0. The summed E-state index contributed by atoms with van der Waals surface area (Å²) in [7, 11) is 0. The summed E-state index contributed by atoms with van der Waals surface area (Å²) in [4.78, 5) is 9.67. The molecule has 3 aromatic rings. The zero-order chi connectivity index (χ0) is 17.8. The molecule has 0 amide bonds. The predicted octanol–water partition coefficient (Wildman–Crippen LogP) is 5.60. The molecule has 3 rings (SSSR count). The van der Waals surface area contributed by atoms with Gasteiger partial charge in [-0.3, -0.25) is 4.99 Å². The largest absolute Gasteiger partial charge is 0.506 e. The van der Waals surface area contributed by atoms with Gasteiger partial charge in [0.1, 0.15) is 11.3 Å². The lowest BCUT2D eigenvalue weighted by molar-refractivity contribution is 0.480. The second-order valence-electron chi connectivity index (χ2n) is 6.09. The maximum Gasteiger partial charge on any atom is 0.141 e. The van der Waals surface area contributed by atoms with Crippen molar-refractivity contribution in [1.29, 1.82) is 0 Å². The summed E-state index contributed by atoms with van der Waals surface area (Å²) in [5.41, 5.74) is 5.98. The third kappa shape index (κ3) is 3.41. The van der Waals surface area contributed by atoms with Crippen LogP contribution in [-0.4, -0.2) is 15.8 Å². The van der Waals surface area contributed by atoms with E-state index in [0.717, 1.165) is 41.7 Å². The highest BCUT2D eigenvalue weighted by molar-refractivity contribution is 6.02. The van der Waals surface area contributed by atoms with E-state index in [4.69, 9.17) is 4.99 Å². The lowest BCUT2D eigenvalue weighted by Crippen LogP contribution is -2.03. The van der Waals surface area contributed by atoms with Gasteiger partial charge in [-0.2, -0.15) is 0 Å². The molecule has 1 heterocycles. The van der Waals surface area contributed by atoms with Crippen molar-refractivity contribution in [3.8, 4) is 5.75 Å². The van der Waals surface area contributed by atoms with Crippen molar-refractivity contribution in [2.24, 2.45) is 4.99 Å². The summed E-state index contributed by atoms with van der Waals surface area (Å²) in [5.74, 6) is 0.206. The maximum absolute atomic E-state index is 10.1. The molecule has 1 N–H and O–H groups in total. The smallest absolute Gasteiger partial charge is 0.141 e. The quantitative estimate of drug-likeness (QED) is 0.618. The number of fused-ring (bicyclic) bond motifs is 1. The summed E-state index contributed by atoms with van der Waals surface area (Å²) in [6, 6.07) is 15.8. The molecule has 128 valence electrons. The number of aromatic hydroxyl groups is 1. The van der Waals surface area contributed by atoms with Crippen LogP contribution in [0.1, 0.15) is 44.0 Å². The van der Waals surface area contributed by atoms with Crippen LogP contribution in [0.5, 0.6) is 5.75 Å². The Morgan fingerprint density at radius 2 is 1.60 bits per heavy atom. The number of pyridine rings is 1. The van der Waals surface area contributed by atoms with Gasteiger partial charge in [0.15, 0.2) is 0 Å². The van der Waals surface area contributed by atoms with E-state index >= 15 is 0 Å². The summed E-state index contributed by atoms with van der Waals surface area (Å²) >= 11 is 0. The second kappa shape index (κ2) is 7.47.